The van der Waals surface area contributed by atoms with Gasteiger partial charge in [0, 0.05) is 16.7 Å². The Hall–Kier alpha value is -1.85. The Bertz CT molecular complexity index is 664. The maximum atomic E-state index is 10.3. The van der Waals surface area contributed by atoms with Crippen molar-refractivity contribution in [2.75, 3.05) is 26.2 Å². The maximum absolute atomic E-state index is 10.3. The van der Waals surface area contributed by atoms with Gasteiger partial charge >= 0.3 is 0 Å². The fourth-order valence-corrected chi connectivity index (χ4v) is 3.94. The van der Waals surface area contributed by atoms with E-state index in [1.54, 1.807) is 23.6 Å². The molecule has 0 saturated carbocycles. The van der Waals surface area contributed by atoms with Gasteiger partial charge in [-0.25, -0.2) is 0 Å². The molecule has 1 saturated heterocycles. The number of benzene rings is 1. The number of thiophene rings is 1. The molecule has 1 aromatic carbocycles. The van der Waals surface area contributed by atoms with E-state index in [0.717, 1.165) is 13.1 Å². The van der Waals surface area contributed by atoms with Gasteiger partial charge in [0.05, 0.1) is 19.2 Å². The number of likely N-dealkylation sites (tertiary alicyclic amines) is 1. The van der Waals surface area contributed by atoms with Gasteiger partial charge in [0.1, 0.15) is 0 Å². The van der Waals surface area contributed by atoms with E-state index in [9.17, 15) is 5.11 Å². The van der Waals surface area contributed by atoms with E-state index in [0.29, 0.717) is 30.5 Å². The normalized spacial score (nSPS) is 16.7. The quantitative estimate of drug-likeness (QED) is 0.769. The van der Waals surface area contributed by atoms with Crippen molar-refractivity contribution in [2.24, 2.45) is 4.99 Å². The smallest absolute Gasteiger partial charge is 0.166 e. The molecule has 128 valence electrons. The van der Waals surface area contributed by atoms with Crippen LogP contribution in [0.3, 0.4) is 0 Å². The van der Waals surface area contributed by atoms with E-state index in [2.05, 4.69) is 27.4 Å². The monoisotopic (exact) mass is 344 g/mol. The number of phenols is 1. The third-order valence-electron chi connectivity index (χ3n) is 4.29. The molecule has 0 spiro atoms. The number of hydrogen-bond donors (Lipinski definition) is 1. The second kappa shape index (κ2) is 8.31. The topological polar surface area (TPSA) is 45.1 Å². The van der Waals surface area contributed by atoms with Crippen LogP contribution in [-0.2, 0) is 0 Å². The van der Waals surface area contributed by atoms with Crippen LogP contribution in [0.25, 0.3) is 0 Å². The lowest BCUT2D eigenvalue weighted by Gasteiger charge is -2.25. The molecule has 1 aliphatic rings. The summed E-state index contributed by atoms with van der Waals surface area (Å²) in [6.07, 6.45) is 4.29. The summed E-state index contributed by atoms with van der Waals surface area (Å²) < 4.78 is 5.43. The molecule has 1 atom stereocenters. The van der Waals surface area contributed by atoms with Crippen LogP contribution in [0.1, 0.15) is 36.2 Å². The molecule has 0 unspecified atom stereocenters. The third kappa shape index (κ3) is 3.97. The second-order valence-corrected chi connectivity index (χ2v) is 6.87. The van der Waals surface area contributed by atoms with Crippen LogP contribution in [-0.4, -0.2) is 42.5 Å². The number of nitrogens with zero attached hydrogens (tertiary/aromatic N) is 2. The van der Waals surface area contributed by atoms with Gasteiger partial charge in [0.25, 0.3) is 0 Å². The molecule has 0 bridgehead atoms. The van der Waals surface area contributed by atoms with Crippen molar-refractivity contribution in [2.45, 2.75) is 25.8 Å². The molecule has 24 heavy (non-hydrogen) atoms. The molecule has 2 heterocycles. The number of rotatable bonds is 7. The van der Waals surface area contributed by atoms with Crippen LogP contribution in [0, 0.1) is 0 Å². The minimum atomic E-state index is 0.164. The predicted molar refractivity (Wildman–Crippen MR) is 99.6 cm³/mol. The first-order chi connectivity index (χ1) is 11.8. The van der Waals surface area contributed by atoms with Crippen LogP contribution in [0.15, 0.2) is 40.7 Å². The Balaban J connectivity index is 1.72. The Kier molecular flexibility index (Phi) is 5.88. The summed E-state index contributed by atoms with van der Waals surface area (Å²) >= 11 is 1.79. The summed E-state index contributed by atoms with van der Waals surface area (Å²) in [5, 5.41) is 12.4. The number of hydrogen-bond acceptors (Lipinski definition) is 5. The molecular weight excluding hydrogens is 320 g/mol. The van der Waals surface area contributed by atoms with E-state index >= 15 is 0 Å². The number of aromatic hydroxyl groups is 1. The molecular formula is C19H24N2O2S. The van der Waals surface area contributed by atoms with E-state index in [-0.39, 0.29) is 5.75 Å². The van der Waals surface area contributed by atoms with Crippen molar-refractivity contribution in [3.05, 3.63) is 46.2 Å². The molecule has 5 heteroatoms. The van der Waals surface area contributed by atoms with E-state index in [4.69, 9.17) is 4.74 Å². The summed E-state index contributed by atoms with van der Waals surface area (Å²) in [6.45, 7) is 5.43. The zero-order valence-corrected chi connectivity index (χ0v) is 14.8. The van der Waals surface area contributed by atoms with Crippen LogP contribution >= 0.6 is 11.3 Å². The summed E-state index contributed by atoms with van der Waals surface area (Å²) in [6, 6.07) is 10.1. The van der Waals surface area contributed by atoms with Gasteiger partial charge < -0.3 is 9.84 Å². The first-order valence-electron chi connectivity index (χ1n) is 8.51. The van der Waals surface area contributed by atoms with Crippen molar-refractivity contribution >= 4 is 17.6 Å². The van der Waals surface area contributed by atoms with E-state index < -0.39 is 0 Å². The molecule has 1 N–H and O–H groups in total. The third-order valence-corrected chi connectivity index (χ3v) is 5.27. The Labute approximate surface area is 147 Å². The minimum Gasteiger partial charge on any atom is -0.504 e. The Morgan fingerprint density at radius 2 is 2.12 bits per heavy atom. The molecule has 4 nitrogen and oxygen atoms in total. The average Bonchev–Trinajstić information content (AvgIpc) is 3.29. The average molecular weight is 344 g/mol. The first kappa shape index (κ1) is 17.0. The molecule has 3 rings (SSSR count). The highest BCUT2D eigenvalue weighted by molar-refractivity contribution is 7.10. The lowest BCUT2D eigenvalue weighted by atomic mass is 10.2. The van der Waals surface area contributed by atoms with Gasteiger partial charge in [-0.3, -0.25) is 9.89 Å². The highest BCUT2D eigenvalue weighted by atomic mass is 32.1. The summed E-state index contributed by atoms with van der Waals surface area (Å²) in [5.74, 6) is 0.674. The standard InChI is InChI=1S/C19H24N2O2S/c1-2-23-17-8-5-7-15(19(17)22)13-20-14-16(18-9-6-12-24-18)21-10-3-4-11-21/h5-9,12-13,16,22H,2-4,10-11,14H2,1H3/t16-/m1/s1. The van der Waals surface area contributed by atoms with E-state index in [1.165, 1.54) is 17.7 Å². The largest absolute Gasteiger partial charge is 0.504 e. The lowest BCUT2D eigenvalue weighted by molar-refractivity contribution is 0.255. The van der Waals surface area contributed by atoms with Crippen molar-refractivity contribution < 1.29 is 9.84 Å². The van der Waals surface area contributed by atoms with Gasteiger partial charge in [-0.05, 0) is 56.4 Å². The lowest BCUT2D eigenvalue weighted by Crippen LogP contribution is -2.27. The second-order valence-electron chi connectivity index (χ2n) is 5.90. The molecule has 0 radical (unpaired) electrons. The number of para-hydroxylation sites is 1. The van der Waals surface area contributed by atoms with Crippen molar-refractivity contribution in [1.29, 1.82) is 0 Å². The number of aliphatic imine (C=N–C) groups is 1. The maximum Gasteiger partial charge on any atom is 0.166 e. The molecule has 1 fully saturated rings. The number of phenolic OH excluding ortho intramolecular Hbond substituents is 1. The first-order valence-corrected chi connectivity index (χ1v) is 9.39. The molecule has 1 aliphatic heterocycles. The molecule has 0 amide bonds. The SMILES string of the molecule is CCOc1cccc(C=NC[C@H](c2cccs2)N2CCCC2)c1O. The minimum absolute atomic E-state index is 0.164. The van der Waals surface area contributed by atoms with Crippen LogP contribution in [0.5, 0.6) is 11.5 Å². The van der Waals surface area contributed by atoms with Crippen molar-refractivity contribution in [3.8, 4) is 11.5 Å². The molecule has 0 aliphatic carbocycles. The van der Waals surface area contributed by atoms with Gasteiger partial charge in [-0.1, -0.05) is 12.1 Å². The summed E-state index contributed by atoms with van der Waals surface area (Å²) in [4.78, 5) is 8.50. The highest BCUT2D eigenvalue weighted by Gasteiger charge is 2.23. The zero-order valence-electron chi connectivity index (χ0n) is 14.0. The van der Waals surface area contributed by atoms with Gasteiger partial charge in [-0.2, -0.15) is 0 Å². The summed E-state index contributed by atoms with van der Waals surface area (Å²) in [5.41, 5.74) is 0.701. The van der Waals surface area contributed by atoms with Gasteiger partial charge in [0.2, 0.25) is 0 Å². The van der Waals surface area contributed by atoms with Crippen molar-refractivity contribution in [3.63, 3.8) is 0 Å². The Morgan fingerprint density at radius 1 is 1.29 bits per heavy atom. The fraction of sp³-hybridized carbons (Fsp3) is 0.421. The molecule has 1 aromatic heterocycles. The zero-order chi connectivity index (χ0) is 16.8. The summed E-state index contributed by atoms with van der Waals surface area (Å²) in [7, 11) is 0. The van der Waals surface area contributed by atoms with Crippen molar-refractivity contribution in [1.82, 2.24) is 4.90 Å². The van der Waals surface area contributed by atoms with E-state index in [1.807, 2.05) is 19.1 Å². The Morgan fingerprint density at radius 3 is 2.83 bits per heavy atom. The molecule has 2 aromatic rings. The van der Waals surface area contributed by atoms with Crippen LogP contribution in [0.4, 0.5) is 0 Å². The van der Waals surface area contributed by atoms with Gasteiger partial charge in [-0.15, -0.1) is 11.3 Å². The van der Waals surface area contributed by atoms with Gasteiger partial charge in [0.15, 0.2) is 11.5 Å². The predicted octanol–water partition coefficient (Wildman–Crippen LogP) is 4.11. The van der Waals surface area contributed by atoms with Crippen LogP contribution in [0.2, 0.25) is 0 Å². The van der Waals surface area contributed by atoms with Crippen LogP contribution < -0.4 is 4.74 Å². The fourth-order valence-electron chi connectivity index (χ4n) is 3.09. The highest BCUT2D eigenvalue weighted by Crippen LogP contribution is 2.30. The number of ether oxygens (including phenoxy) is 1.